The zero-order valence-corrected chi connectivity index (χ0v) is 12.7. The molecule has 2 aromatic carbocycles. The highest BCUT2D eigenvalue weighted by atomic mass is 127. The summed E-state index contributed by atoms with van der Waals surface area (Å²) in [7, 11) is 1.70. The molecule has 0 saturated carbocycles. The van der Waals surface area contributed by atoms with E-state index in [-0.39, 0.29) is 24.0 Å². The standard InChI is InChI=1S/C13H11NOS.HI/c1-15-11-7-6-9-12-8(11)4-3-5-10(12)14-13(9)16-2;/h3-7H,1-2H3;1H. The van der Waals surface area contributed by atoms with E-state index in [0.717, 1.165) is 21.9 Å². The SMILES string of the molecule is COc1ccc2c3c(cccc13)N=C2SC.I. The number of rotatable bonds is 1. The van der Waals surface area contributed by atoms with Crippen LogP contribution in [0.2, 0.25) is 0 Å². The van der Waals surface area contributed by atoms with E-state index in [1.54, 1.807) is 18.9 Å². The monoisotopic (exact) mass is 357 g/mol. The van der Waals surface area contributed by atoms with Gasteiger partial charge in [0.25, 0.3) is 0 Å². The number of aliphatic imine (C=N–C) groups is 1. The first-order valence-corrected chi connectivity index (χ1v) is 6.30. The molecule has 0 bridgehead atoms. The summed E-state index contributed by atoms with van der Waals surface area (Å²) < 4.78 is 5.38. The number of ether oxygens (including phenoxy) is 1. The van der Waals surface area contributed by atoms with Crippen LogP contribution in [-0.2, 0) is 0 Å². The molecule has 0 unspecified atom stereocenters. The molecule has 0 N–H and O–H groups in total. The largest absolute Gasteiger partial charge is 0.496 e. The number of methoxy groups -OCH3 is 1. The molecule has 3 rings (SSSR count). The van der Waals surface area contributed by atoms with E-state index >= 15 is 0 Å². The molecule has 2 aromatic rings. The van der Waals surface area contributed by atoms with Gasteiger partial charge >= 0.3 is 0 Å². The van der Waals surface area contributed by atoms with Crippen molar-refractivity contribution in [1.82, 2.24) is 0 Å². The van der Waals surface area contributed by atoms with Crippen LogP contribution < -0.4 is 4.74 Å². The Kier molecular flexibility index (Phi) is 3.63. The molecule has 0 saturated heterocycles. The average molecular weight is 357 g/mol. The van der Waals surface area contributed by atoms with Gasteiger partial charge in [-0.25, -0.2) is 4.99 Å². The Bertz CT molecular complexity index is 610. The van der Waals surface area contributed by atoms with E-state index in [4.69, 9.17) is 4.74 Å². The van der Waals surface area contributed by atoms with Crippen molar-refractivity contribution in [2.24, 2.45) is 4.99 Å². The lowest BCUT2D eigenvalue weighted by Crippen LogP contribution is -1.91. The van der Waals surface area contributed by atoms with Gasteiger partial charge in [0.2, 0.25) is 0 Å². The maximum absolute atomic E-state index is 5.38. The van der Waals surface area contributed by atoms with Gasteiger partial charge in [-0.1, -0.05) is 12.1 Å². The minimum absolute atomic E-state index is 0. The number of thioether (sulfide) groups is 1. The fraction of sp³-hybridized carbons (Fsp3) is 0.154. The predicted octanol–water partition coefficient (Wildman–Crippen LogP) is 4.22. The lowest BCUT2D eigenvalue weighted by atomic mass is 10.0. The van der Waals surface area contributed by atoms with Crippen molar-refractivity contribution in [2.75, 3.05) is 13.4 Å². The minimum atomic E-state index is 0. The minimum Gasteiger partial charge on any atom is -0.496 e. The molecule has 2 nitrogen and oxygen atoms in total. The summed E-state index contributed by atoms with van der Waals surface area (Å²) in [6, 6.07) is 10.3. The van der Waals surface area contributed by atoms with E-state index in [1.165, 1.54) is 10.9 Å². The second-order valence-electron chi connectivity index (χ2n) is 3.64. The fourth-order valence-electron chi connectivity index (χ4n) is 2.14. The Hall–Kier alpha value is -0.750. The lowest BCUT2D eigenvalue weighted by molar-refractivity contribution is 0.420. The van der Waals surface area contributed by atoms with Crippen LogP contribution >= 0.6 is 35.7 Å². The van der Waals surface area contributed by atoms with Crippen LogP contribution in [0, 0.1) is 0 Å². The molecular weight excluding hydrogens is 345 g/mol. The van der Waals surface area contributed by atoms with Crippen LogP contribution in [-0.4, -0.2) is 18.4 Å². The molecule has 0 atom stereocenters. The van der Waals surface area contributed by atoms with Crippen LogP contribution in [0.25, 0.3) is 10.8 Å². The third-order valence-corrected chi connectivity index (χ3v) is 3.54. The average Bonchev–Trinajstić information content (AvgIpc) is 2.70. The lowest BCUT2D eigenvalue weighted by Gasteiger charge is -2.07. The molecular formula is C13H12INOS. The van der Waals surface area contributed by atoms with Gasteiger partial charge in [0.1, 0.15) is 10.8 Å². The van der Waals surface area contributed by atoms with Crippen LogP contribution in [0.1, 0.15) is 5.56 Å². The van der Waals surface area contributed by atoms with Crippen LogP contribution in [0.5, 0.6) is 5.75 Å². The summed E-state index contributed by atoms with van der Waals surface area (Å²) in [5, 5.41) is 3.45. The molecule has 0 aromatic heterocycles. The van der Waals surface area contributed by atoms with Crippen molar-refractivity contribution in [3.63, 3.8) is 0 Å². The van der Waals surface area contributed by atoms with E-state index in [1.807, 2.05) is 12.1 Å². The van der Waals surface area contributed by atoms with Gasteiger partial charge in [-0.05, 0) is 24.5 Å². The molecule has 0 spiro atoms. The first-order valence-electron chi connectivity index (χ1n) is 5.08. The van der Waals surface area contributed by atoms with E-state index in [2.05, 4.69) is 29.4 Å². The number of nitrogens with zero attached hydrogens (tertiary/aromatic N) is 1. The molecule has 88 valence electrons. The number of halogens is 1. The highest BCUT2D eigenvalue weighted by Crippen LogP contribution is 2.41. The Balaban J connectivity index is 0.00000108. The summed E-state index contributed by atoms with van der Waals surface area (Å²) in [6.45, 7) is 0. The van der Waals surface area contributed by atoms with Gasteiger partial charge in [0, 0.05) is 16.3 Å². The molecule has 0 amide bonds. The third kappa shape index (κ3) is 1.83. The van der Waals surface area contributed by atoms with Gasteiger partial charge in [0.05, 0.1) is 12.8 Å². The Morgan fingerprint density at radius 2 is 2.00 bits per heavy atom. The van der Waals surface area contributed by atoms with Gasteiger partial charge < -0.3 is 4.74 Å². The second kappa shape index (κ2) is 4.86. The molecule has 0 aliphatic carbocycles. The van der Waals surface area contributed by atoms with Crippen LogP contribution in [0.4, 0.5) is 5.69 Å². The fourth-order valence-corrected chi connectivity index (χ4v) is 2.71. The first-order chi connectivity index (χ1) is 7.85. The van der Waals surface area contributed by atoms with Gasteiger partial charge in [0.15, 0.2) is 0 Å². The quantitative estimate of drug-likeness (QED) is 0.713. The maximum atomic E-state index is 5.38. The van der Waals surface area contributed by atoms with E-state index in [0.29, 0.717) is 0 Å². The Morgan fingerprint density at radius 3 is 2.71 bits per heavy atom. The number of hydrogen-bond donors (Lipinski definition) is 0. The van der Waals surface area contributed by atoms with Crippen LogP contribution in [0.3, 0.4) is 0 Å². The van der Waals surface area contributed by atoms with E-state index in [9.17, 15) is 0 Å². The van der Waals surface area contributed by atoms with Crippen LogP contribution in [0.15, 0.2) is 35.3 Å². The van der Waals surface area contributed by atoms with Crippen molar-refractivity contribution in [3.05, 3.63) is 35.9 Å². The van der Waals surface area contributed by atoms with E-state index < -0.39 is 0 Å². The van der Waals surface area contributed by atoms with Gasteiger partial charge in [-0.2, -0.15) is 0 Å². The third-order valence-electron chi connectivity index (χ3n) is 2.84. The van der Waals surface area contributed by atoms with Crippen molar-refractivity contribution in [3.8, 4) is 5.75 Å². The second-order valence-corrected chi connectivity index (χ2v) is 4.43. The first kappa shape index (κ1) is 12.7. The molecule has 4 heteroatoms. The molecule has 0 fully saturated rings. The Morgan fingerprint density at radius 1 is 1.18 bits per heavy atom. The molecule has 1 aliphatic heterocycles. The molecule has 0 radical (unpaired) electrons. The number of hydrogen-bond acceptors (Lipinski definition) is 3. The summed E-state index contributed by atoms with van der Waals surface area (Å²) in [6.07, 6.45) is 2.06. The normalized spacial score (nSPS) is 12.2. The number of benzene rings is 2. The van der Waals surface area contributed by atoms with Crippen molar-refractivity contribution < 1.29 is 4.74 Å². The predicted molar refractivity (Wildman–Crippen MR) is 85.6 cm³/mol. The molecule has 17 heavy (non-hydrogen) atoms. The summed E-state index contributed by atoms with van der Waals surface area (Å²) in [4.78, 5) is 4.61. The maximum Gasteiger partial charge on any atom is 0.126 e. The zero-order valence-electron chi connectivity index (χ0n) is 9.56. The van der Waals surface area contributed by atoms with Crippen molar-refractivity contribution in [1.29, 1.82) is 0 Å². The Labute approximate surface area is 121 Å². The van der Waals surface area contributed by atoms with Gasteiger partial charge in [-0.15, -0.1) is 35.7 Å². The van der Waals surface area contributed by atoms with Crippen molar-refractivity contribution in [2.45, 2.75) is 0 Å². The van der Waals surface area contributed by atoms with Crippen molar-refractivity contribution >= 4 is 57.2 Å². The molecule has 1 heterocycles. The smallest absolute Gasteiger partial charge is 0.126 e. The summed E-state index contributed by atoms with van der Waals surface area (Å²) in [5.41, 5.74) is 2.27. The topological polar surface area (TPSA) is 21.6 Å². The van der Waals surface area contributed by atoms with Gasteiger partial charge in [-0.3, -0.25) is 0 Å². The zero-order chi connectivity index (χ0) is 11.1. The highest BCUT2D eigenvalue weighted by molar-refractivity contribution is 14.0. The summed E-state index contributed by atoms with van der Waals surface area (Å²) in [5.74, 6) is 0.915. The summed E-state index contributed by atoms with van der Waals surface area (Å²) >= 11 is 1.68. The highest BCUT2D eigenvalue weighted by Gasteiger charge is 2.19. The molecule has 1 aliphatic rings.